The number of hydrogen-bond donors (Lipinski definition) is 1. The van der Waals surface area contributed by atoms with Gasteiger partial charge in [0, 0.05) is 6.42 Å². The number of carboxylic acid groups (broad SMARTS) is 1. The van der Waals surface area contributed by atoms with Crippen molar-refractivity contribution in [1.82, 2.24) is 0 Å². The van der Waals surface area contributed by atoms with Crippen LogP contribution in [0.25, 0.3) is 0 Å². The van der Waals surface area contributed by atoms with Crippen molar-refractivity contribution >= 4 is 5.97 Å². The molecule has 3 aliphatic rings. The predicted molar refractivity (Wildman–Crippen MR) is 110 cm³/mol. The van der Waals surface area contributed by atoms with Gasteiger partial charge in [-0.1, -0.05) is 43.6 Å². The predicted octanol–water partition coefficient (Wildman–Crippen LogP) is 6.00. The molecule has 27 heavy (non-hydrogen) atoms. The van der Waals surface area contributed by atoms with E-state index in [1.807, 2.05) is 0 Å². The topological polar surface area (TPSA) is 46.5 Å². The molecule has 152 valence electrons. The number of unbranched alkanes of at least 4 members (excludes halogenated alkanes) is 1. The van der Waals surface area contributed by atoms with Crippen molar-refractivity contribution in [3.63, 3.8) is 0 Å². The minimum atomic E-state index is -0.689. The minimum absolute atomic E-state index is 0.281. The number of aliphatic carboxylic acids is 1. The van der Waals surface area contributed by atoms with Gasteiger partial charge in [-0.15, -0.1) is 0 Å². The number of fused-ring (bicyclic) bond motifs is 2. The third kappa shape index (κ3) is 6.48. The van der Waals surface area contributed by atoms with Crippen molar-refractivity contribution in [2.75, 3.05) is 13.2 Å². The van der Waals surface area contributed by atoms with E-state index in [1.54, 1.807) is 0 Å². The van der Waals surface area contributed by atoms with Crippen LogP contribution in [0, 0.1) is 29.6 Å². The SMILES string of the molecule is O=C(O)CCCC=CC[C@H]1[C@H]2CC[C@H](C2)[C@H]1COCC=CC1CCCCC1. The summed E-state index contributed by atoms with van der Waals surface area (Å²) in [7, 11) is 0. The Morgan fingerprint density at radius 2 is 1.74 bits per heavy atom. The molecule has 0 aromatic carbocycles. The summed E-state index contributed by atoms with van der Waals surface area (Å²) in [5, 5.41) is 8.70. The van der Waals surface area contributed by atoms with Gasteiger partial charge in [-0.3, -0.25) is 4.79 Å². The fraction of sp³-hybridized carbons (Fsp3) is 0.792. The fourth-order valence-electron chi connectivity index (χ4n) is 5.75. The molecule has 0 heterocycles. The average Bonchev–Trinajstić information content (AvgIpc) is 3.27. The zero-order valence-corrected chi connectivity index (χ0v) is 16.9. The molecule has 0 amide bonds. The van der Waals surface area contributed by atoms with E-state index in [1.165, 1.54) is 51.4 Å². The molecule has 1 N–H and O–H groups in total. The van der Waals surface area contributed by atoms with Gasteiger partial charge in [0.05, 0.1) is 13.2 Å². The van der Waals surface area contributed by atoms with Crippen molar-refractivity contribution in [3.05, 3.63) is 24.3 Å². The lowest BCUT2D eigenvalue weighted by molar-refractivity contribution is -0.137. The molecule has 3 saturated carbocycles. The molecule has 0 radical (unpaired) electrons. The van der Waals surface area contributed by atoms with E-state index in [2.05, 4.69) is 24.3 Å². The molecular formula is C24H38O3. The smallest absolute Gasteiger partial charge is 0.303 e. The van der Waals surface area contributed by atoms with Gasteiger partial charge in [0.25, 0.3) is 0 Å². The van der Waals surface area contributed by atoms with E-state index in [0.717, 1.165) is 62.1 Å². The van der Waals surface area contributed by atoms with Crippen LogP contribution in [0.1, 0.15) is 77.0 Å². The highest BCUT2D eigenvalue weighted by molar-refractivity contribution is 5.66. The van der Waals surface area contributed by atoms with E-state index < -0.39 is 5.97 Å². The molecule has 3 fully saturated rings. The largest absolute Gasteiger partial charge is 0.481 e. The van der Waals surface area contributed by atoms with Gasteiger partial charge < -0.3 is 9.84 Å². The van der Waals surface area contributed by atoms with Crippen molar-refractivity contribution in [3.8, 4) is 0 Å². The Kier molecular flexibility index (Phi) is 8.44. The summed E-state index contributed by atoms with van der Waals surface area (Å²) in [6.07, 6.45) is 23.4. The van der Waals surface area contributed by atoms with Crippen LogP contribution in [0.3, 0.4) is 0 Å². The Morgan fingerprint density at radius 1 is 0.963 bits per heavy atom. The van der Waals surface area contributed by atoms with Gasteiger partial charge in [0.2, 0.25) is 0 Å². The van der Waals surface area contributed by atoms with Crippen molar-refractivity contribution < 1.29 is 14.6 Å². The average molecular weight is 375 g/mol. The van der Waals surface area contributed by atoms with Gasteiger partial charge >= 0.3 is 5.97 Å². The molecule has 2 bridgehead atoms. The lowest BCUT2D eigenvalue weighted by atomic mass is 9.78. The fourth-order valence-corrected chi connectivity index (χ4v) is 5.75. The summed E-state index contributed by atoms with van der Waals surface area (Å²) in [6.45, 7) is 1.70. The maximum absolute atomic E-state index is 10.6. The second-order valence-electron chi connectivity index (χ2n) is 9.02. The third-order valence-electron chi connectivity index (χ3n) is 7.19. The highest BCUT2D eigenvalue weighted by atomic mass is 16.5. The van der Waals surface area contributed by atoms with Crippen LogP contribution >= 0.6 is 0 Å². The normalized spacial score (nSPS) is 31.4. The van der Waals surface area contributed by atoms with Crippen molar-refractivity contribution in [1.29, 1.82) is 0 Å². The standard InChI is InChI=1S/C24H38O3/c25-24(26)13-7-2-1-6-12-22-20-14-15-21(17-20)23(22)18-27-16-8-11-19-9-4-3-5-10-19/h1,6,8,11,19-23H,2-5,7,9-10,12-18H2,(H,25,26)/t20-,21+,22-,23+/m0/s1. The zero-order valence-electron chi connectivity index (χ0n) is 16.9. The van der Waals surface area contributed by atoms with Crippen LogP contribution in [0.2, 0.25) is 0 Å². The second-order valence-corrected chi connectivity index (χ2v) is 9.02. The first kappa shape index (κ1) is 20.6. The number of rotatable bonds is 11. The summed E-state index contributed by atoms with van der Waals surface area (Å²) < 4.78 is 6.09. The molecule has 0 aromatic rings. The number of carbonyl (C=O) groups is 1. The molecule has 0 aromatic heterocycles. The number of allylic oxidation sites excluding steroid dienone is 3. The van der Waals surface area contributed by atoms with Gasteiger partial charge in [0.15, 0.2) is 0 Å². The van der Waals surface area contributed by atoms with E-state index in [-0.39, 0.29) is 6.42 Å². The second kappa shape index (κ2) is 11.0. The van der Waals surface area contributed by atoms with Gasteiger partial charge in [-0.25, -0.2) is 0 Å². The van der Waals surface area contributed by atoms with E-state index >= 15 is 0 Å². The highest BCUT2D eigenvalue weighted by Gasteiger charge is 2.46. The van der Waals surface area contributed by atoms with Crippen LogP contribution in [0.4, 0.5) is 0 Å². The molecule has 0 saturated heterocycles. The van der Waals surface area contributed by atoms with Gasteiger partial charge in [-0.05, 0) is 81.0 Å². The molecule has 3 rings (SSSR count). The summed E-state index contributed by atoms with van der Waals surface area (Å²) in [5.41, 5.74) is 0. The molecule has 4 atom stereocenters. The van der Waals surface area contributed by atoms with Crippen molar-refractivity contribution in [2.24, 2.45) is 29.6 Å². The minimum Gasteiger partial charge on any atom is -0.481 e. The summed E-state index contributed by atoms with van der Waals surface area (Å²) in [4.78, 5) is 10.6. The first-order chi connectivity index (χ1) is 13.2. The molecule has 0 unspecified atom stereocenters. The molecular weight excluding hydrogens is 336 g/mol. The maximum Gasteiger partial charge on any atom is 0.303 e. The Morgan fingerprint density at radius 3 is 2.52 bits per heavy atom. The molecule has 3 heteroatoms. The van der Waals surface area contributed by atoms with Crippen molar-refractivity contribution in [2.45, 2.75) is 77.0 Å². The highest BCUT2D eigenvalue weighted by Crippen LogP contribution is 2.53. The molecule has 0 spiro atoms. The van der Waals surface area contributed by atoms with Crippen LogP contribution in [-0.4, -0.2) is 24.3 Å². The molecule has 3 aliphatic carbocycles. The molecule has 0 aliphatic heterocycles. The summed E-state index contributed by atoms with van der Waals surface area (Å²) in [5.74, 6) is 3.39. The lowest BCUT2D eigenvalue weighted by Gasteiger charge is -2.30. The van der Waals surface area contributed by atoms with E-state index in [4.69, 9.17) is 9.84 Å². The zero-order chi connectivity index (χ0) is 18.9. The van der Waals surface area contributed by atoms with E-state index in [9.17, 15) is 4.79 Å². The van der Waals surface area contributed by atoms with E-state index in [0.29, 0.717) is 0 Å². The Bertz CT molecular complexity index is 504. The summed E-state index contributed by atoms with van der Waals surface area (Å²) >= 11 is 0. The van der Waals surface area contributed by atoms with Crippen LogP contribution in [-0.2, 0) is 9.53 Å². The lowest BCUT2D eigenvalue weighted by Crippen LogP contribution is -2.26. The van der Waals surface area contributed by atoms with Crippen LogP contribution in [0.5, 0.6) is 0 Å². The number of ether oxygens (including phenoxy) is 1. The first-order valence-corrected chi connectivity index (χ1v) is 11.3. The van der Waals surface area contributed by atoms with Crippen LogP contribution in [0.15, 0.2) is 24.3 Å². The monoisotopic (exact) mass is 374 g/mol. The Balaban J connectivity index is 1.35. The van der Waals surface area contributed by atoms with Gasteiger partial charge in [0.1, 0.15) is 0 Å². The maximum atomic E-state index is 10.6. The quantitative estimate of drug-likeness (QED) is 0.356. The number of hydrogen-bond acceptors (Lipinski definition) is 2. The Hall–Kier alpha value is -1.09. The number of carboxylic acids is 1. The van der Waals surface area contributed by atoms with Gasteiger partial charge in [-0.2, -0.15) is 0 Å². The Labute approximate surface area is 165 Å². The first-order valence-electron chi connectivity index (χ1n) is 11.3. The third-order valence-corrected chi connectivity index (χ3v) is 7.19. The van der Waals surface area contributed by atoms with Crippen LogP contribution < -0.4 is 0 Å². The summed E-state index contributed by atoms with van der Waals surface area (Å²) in [6, 6.07) is 0. The molecule has 3 nitrogen and oxygen atoms in total.